The summed E-state index contributed by atoms with van der Waals surface area (Å²) in [4.78, 5) is 4.38. The van der Waals surface area contributed by atoms with Crippen LogP contribution in [0.4, 0.5) is 0 Å². The highest BCUT2D eigenvalue weighted by atomic mass is 15.3. The van der Waals surface area contributed by atoms with E-state index in [0.717, 1.165) is 25.2 Å². The molecule has 0 saturated heterocycles. The summed E-state index contributed by atoms with van der Waals surface area (Å²) in [6.07, 6.45) is 3.58. The first-order valence-corrected chi connectivity index (χ1v) is 6.75. The van der Waals surface area contributed by atoms with Crippen LogP contribution < -0.4 is 5.32 Å². The van der Waals surface area contributed by atoms with Crippen LogP contribution in [0.3, 0.4) is 0 Å². The van der Waals surface area contributed by atoms with E-state index in [1.165, 1.54) is 5.56 Å². The molecular formula is C15H22N4. The lowest BCUT2D eigenvalue weighted by molar-refractivity contribution is 0.377. The molecule has 4 heteroatoms. The maximum Gasteiger partial charge on any atom is 0.138 e. The van der Waals surface area contributed by atoms with Gasteiger partial charge in [0.2, 0.25) is 0 Å². The fourth-order valence-electron chi connectivity index (χ4n) is 2.63. The zero-order chi connectivity index (χ0) is 13.7. The Bertz CT molecular complexity index is 506. The Morgan fingerprint density at radius 2 is 2.00 bits per heavy atom. The van der Waals surface area contributed by atoms with Crippen LogP contribution in [0, 0.1) is 0 Å². The molecule has 0 spiro atoms. The van der Waals surface area contributed by atoms with E-state index >= 15 is 0 Å². The molecule has 1 atom stereocenters. The number of hydrogen-bond acceptors (Lipinski definition) is 3. The maximum atomic E-state index is 4.38. The summed E-state index contributed by atoms with van der Waals surface area (Å²) in [6.45, 7) is 3.17. The van der Waals surface area contributed by atoms with Gasteiger partial charge in [0.1, 0.15) is 12.2 Å². The molecule has 0 radical (unpaired) electrons. The molecule has 1 unspecified atom stereocenters. The SMILES string of the molecule is CCC(CNC)(Cc1ncnn1C)c1ccccc1. The van der Waals surface area contributed by atoms with E-state index in [1.807, 2.05) is 18.8 Å². The van der Waals surface area contributed by atoms with Gasteiger partial charge in [-0.3, -0.25) is 4.68 Å². The Hall–Kier alpha value is -1.68. The third-order valence-electron chi connectivity index (χ3n) is 3.88. The Morgan fingerprint density at radius 3 is 2.53 bits per heavy atom. The third kappa shape index (κ3) is 2.84. The van der Waals surface area contributed by atoms with Crippen molar-refractivity contribution in [3.05, 3.63) is 48.0 Å². The van der Waals surface area contributed by atoms with E-state index < -0.39 is 0 Å². The fourth-order valence-corrected chi connectivity index (χ4v) is 2.63. The first kappa shape index (κ1) is 13.7. The van der Waals surface area contributed by atoms with Crippen molar-refractivity contribution in [1.29, 1.82) is 0 Å². The van der Waals surface area contributed by atoms with Gasteiger partial charge in [0.25, 0.3) is 0 Å². The van der Waals surface area contributed by atoms with Crippen LogP contribution in [-0.2, 0) is 18.9 Å². The molecule has 0 aliphatic heterocycles. The lowest BCUT2D eigenvalue weighted by Crippen LogP contribution is -2.39. The largest absolute Gasteiger partial charge is 0.319 e. The van der Waals surface area contributed by atoms with Crippen LogP contribution in [-0.4, -0.2) is 28.4 Å². The van der Waals surface area contributed by atoms with Gasteiger partial charge in [-0.05, 0) is 19.0 Å². The van der Waals surface area contributed by atoms with E-state index in [-0.39, 0.29) is 5.41 Å². The number of benzene rings is 1. The number of aromatic nitrogens is 3. The number of nitrogens with zero attached hydrogens (tertiary/aromatic N) is 3. The molecule has 0 aliphatic rings. The molecule has 1 aromatic carbocycles. The van der Waals surface area contributed by atoms with E-state index in [1.54, 1.807) is 6.33 Å². The molecule has 0 aliphatic carbocycles. The van der Waals surface area contributed by atoms with Crippen molar-refractivity contribution >= 4 is 0 Å². The normalized spacial score (nSPS) is 14.3. The van der Waals surface area contributed by atoms with Gasteiger partial charge >= 0.3 is 0 Å². The molecule has 102 valence electrons. The average Bonchev–Trinajstić information content (AvgIpc) is 2.84. The van der Waals surface area contributed by atoms with Crippen LogP contribution in [0.2, 0.25) is 0 Å². The Labute approximate surface area is 114 Å². The van der Waals surface area contributed by atoms with Gasteiger partial charge in [-0.1, -0.05) is 37.3 Å². The number of likely N-dealkylation sites (N-methyl/N-ethyl adjacent to an activating group) is 1. The van der Waals surface area contributed by atoms with E-state index in [0.29, 0.717) is 0 Å². The Balaban J connectivity index is 2.37. The van der Waals surface area contributed by atoms with Gasteiger partial charge in [0, 0.05) is 25.4 Å². The van der Waals surface area contributed by atoms with Crippen molar-refractivity contribution in [3.63, 3.8) is 0 Å². The van der Waals surface area contributed by atoms with Gasteiger partial charge in [-0.25, -0.2) is 4.98 Å². The van der Waals surface area contributed by atoms with E-state index in [4.69, 9.17) is 0 Å². The lowest BCUT2D eigenvalue weighted by atomic mass is 9.75. The van der Waals surface area contributed by atoms with Gasteiger partial charge in [-0.15, -0.1) is 0 Å². The highest BCUT2D eigenvalue weighted by molar-refractivity contribution is 5.27. The predicted molar refractivity (Wildman–Crippen MR) is 77.0 cm³/mol. The highest BCUT2D eigenvalue weighted by Crippen LogP contribution is 2.30. The lowest BCUT2D eigenvalue weighted by Gasteiger charge is -2.33. The minimum Gasteiger partial charge on any atom is -0.319 e. The predicted octanol–water partition coefficient (Wildman–Crippen LogP) is 1.92. The van der Waals surface area contributed by atoms with E-state index in [9.17, 15) is 0 Å². The smallest absolute Gasteiger partial charge is 0.138 e. The fraction of sp³-hybridized carbons (Fsp3) is 0.467. The third-order valence-corrected chi connectivity index (χ3v) is 3.88. The minimum atomic E-state index is 0.0663. The standard InChI is InChI=1S/C15H22N4/c1-4-15(11-16-2,13-8-6-5-7-9-13)10-14-17-12-18-19(14)3/h5-9,12,16H,4,10-11H2,1-3H3. The van der Waals surface area contributed by atoms with Crippen LogP contribution in [0.5, 0.6) is 0 Å². The quantitative estimate of drug-likeness (QED) is 0.861. The average molecular weight is 258 g/mol. The second kappa shape index (κ2) is 5.97. The van der Waals surface area contributed by atoms with Crippen molar-refractivity contribution in [3.8, 4) is 0 Å². The molecule has 2 rings (SSSR count). The van der Waals surface area contributed by atoms with Gasteiger partial charge in [0.05, 0.1) is 0 Å². The molecular weight excluding hydrogens is 236 g/mol. The number of nitrogens with one attached hydrogen (secondary N) is 1. The van der Waals surface area contributed by atoms with Crippen LogP contribution in [0.15, 0.2) is 36.7 Å². The van der Waals surface area contributed by atoms with Crippen molar-refractivity contribution in [1.82, 2.24) is 20.1 Å². The molecule has 0 saturated carbocycles. The van der Waals surface area contributed by atoms with Gasteiger partial charge < -0.3 is 5.32 Å². The first-order chi connectivity index (χ1) is 9.22. The molecule has 0 fully saturated rings. The first-order valence-electron chi connectivity index (χ1n) is 6.75. The van der Waals surface area contributed by atoms with Crippen molar-refractivity contribution < 1.29 is 0 Å². The monoisotopic (exact) mass is 258 g/mol. The second-order valence-corrected chi connectivity index (χ2v) is 5.01. The summed E-state index contributed by atoms with van der Waals surface area (Å²) >= 11 is 0. The zero-order valence-electron chi connectivity index (χ0n) is 11.9. The molecule has 1 N–H and O–H groups in total. The van der Waals surface area contributed by atoms with Gasteiger partial charge in [0.15, 0.2) is 0 Å². The summed E-state index contributed by atoms with van der Waals surface area (Å²) in [7, 11) is 3.96. The van der Waals surface area contributed by atoms with E-state index in [2.05, 4.69) is 52.7 Å². The molecule has 0 amide bonds. The van der Waals surface area contributed by atoms with Crippen LogP contribution in [0.25, 0.3) is 0 Å². The minimum absolute atomic E-state index is 0.0663. The Kier molecular flexibility index (Phi) is 4.32. The molecule has 19 heavy (non-hydrogen) atoms. The summed E-state index contributed by atoms with van der Waals surface area (Å²) in [5, 5.41) is 7.51. The molecule has 1 aromatic heterocycles. The van der Waals surface area contributed by atoms with Crippen molar-refractivity contribution in [2.45, 2.75) is 25.2 Å². The van der Waals surface area contributed by atoms with Gasteiger partial charge in [-0.2, -0.15) is 5.10 Å². The number of aryl methyl sites for hydroxylation is 1. The summed E-state index contributed by atoms with van der Waals surface area (Å²) in [6, 6.07) is 10.7. The zero-order valence-corrected chi connectivity index (χ0v) is 11.9. The van der Waals surface area contributed by atoms with Crippen LogP contribution >= 0.6 is 0 Å². The van der Waals surface area contributed by atoms with Crippen molar-refractivity contribution in [2.75, 3.05) is 13.6 Å². The summed E-state index contributed by atoms with van der Waals surface area (Å²) < 4.78 is 1.86. The second-order valence-electron chi connectivity index (χ2n) is 5.01. The topological polar surface area (TPSA) is 42.7 Å². The molecule has 0 bridgehead atoms. The molecule has 4 nitrogen and oxygen atoms in total. The molecule has 1 heterocycles. The highest BCUT2D eigenvalue weighted by Gasteiger charge is 2.31. The van der Waals surface area contributed by atoms with Crippen molar-refractivity contribution in [2.24, 2.45) is 7.05 Å². The van der Waals surface area contributed by atoms with Crippen LogP contribution in [0.1, 0.15) is 24.7 Å². The summed E-state index contributed by atoms with van der Waals surface area (Å²) in [5.41, 5.74) is 1.42. The maximum absolute atomic E-state index is 4.38. The molecule has 2 aromatic rings. The number of rotatable bonds is 6. The summed E-state index contributed by atoms with van der Waals surface area (Å²) in [5.74, 6) is 1.03. The Morgan fingerprint density at radius 1 is 1.26 bits per heavy atom. The number of hydrogen-bond donors (Lipinski definition) is 1.